The summed E-state index contributed by atoms with van der Waals surface area (Å²) in [6.45, 7) is 0. The minimum atomic E-state index is 0.627. The molecule has 0 radical (unpaired) electrons. The maximum absolute atomic E-state index is 5.78. The number of benzene rings is 1. The van der Waals surface area contributed by atoms with Crippen LogP contribution in [0.25, 0.3) is 11.1 Å². The number of aromatic amines is 1. The Bertz CT molecular complexity index is 485. The molecule has 1 fully saturated rings. The largest absolute Gasteiger partial charge is 0.384 e. The molecule has 3 N–H and O–H groups in total. The fourth-order valence-corrected chi connectivity index (χ4v) is 2.67. The first-order valence-electron chi connectivity index (χ1n) is 5.39. The van der Waals surface area contributed by atoms with Gasteiger partial charge in [0.05, 0.1) is 6.20 Å². The first-order valence-corrected chi connectivity index (χ1v) is 6.27. The predicted molar refractivity (Wildman–Crippen MR) is 67.3 cm³/mol. The van der Waals surface area contributed by atoms with Crippen molar-refractivity contribution in [1.29, 1.82) is 0 Å². The summed E-state index contributed by atoms with van der Waals surface area (Å²) in [5.74, 6) is 0.627. The summed E-state index contributed by atoms with van der Waals surface area (Å²) >= 11 is 1.96. The Kier molecular flexibility index (Phi) is 2.36. The van der Waals surface area contributed by atoms with Gasteiger partial charge in [0.15, 0.2) is 0 Å². The zero-order chi connectivity index (χ0) is 11.0. The van der Waals surface area contributed by atoms with Crippen LogP contribution >= 0.6 is 11.8 Å². The first-order chi connectivity index (χ1) is 7.83. The molecule has 3 nitrogen and oxygen atoms in total. The van der Waals surface area contributed by atoms with E-state index in [0.29, 0.717) is 5.82 Å². The summed E-state index contributed by atoms with van der Waals surface area (Å²) in [6.07, 6.45) is 4.49. The fourth-order valence-electron chi connectivity index (χ4n) is 1.62. The number of thioether (sulfide) groups is 1. The van der Waals surface area contributed by atoms with Gasteiger partial charge in [0, 0.05) is 15.7 Å². The van der Waals surface area contributed by atoms with E-state index in [2.05, 4.69) is 34.5 Å². The average molecular weight is 231 g/mol. The number of H-pyrrole nitrogens is 1. The SMILES string of the molecule is Nc1[nH]ncc1-c1ccc(SC2CC2)cc1. The monoisotopic (exact) mass is 231 g/mol. The summed E-state index contributed by atoms with van der Waals surface area (Å²) in [6, 6.07) is 8.52. The lowest BCUT2D eigenvalue weighted by molar-refractivity contribution is 1.10. The van der Waals surface area contributed by atoms with E-state index in [1.165, 1.54) is 17.7 Å². The Hall–Kier alpha value is -1.42. The molecule has 1 aromatic heterocycles. The highest BCUT2D eigenvalue weighted by molar-refractivity contribution is 8.00. The molecule has 0 bridgehead atoms. The summed E-state index contributed by atoms with van der Waals surface area (Å²) < 4.78 is 0. The molecule has 16 heavy (non-hydrogen) atoms. The van der Waals surface area contributed by atoms with Crippen LogP contribution in [0.2, 0.25) is 0 Å². The van der Waals surface area contributed by atoms with Gasteiger partial charge in [-0.05, 0) is 30.5 Å². The average Bonchev–Trinajstić information content (AvgIpc) is 3.00. The van der Waals surface area contributed by atoms with Crippen LogP contribution in [0.5, 0.6) is 0 Å². The first kappa shape index (κ1) is 9.78. The lowest BCUT2D eigenvalue weighted by atomic mass is 10.1. The third-order valence-electron chi connectivity index (χ3n) is 2.66. The minimum absolute atomic E-state index is 0.627. The highest BCUT2D eigenvalue weighted by Crippen LogP contribution is 2.39. The van der Waals surface area contributed by atoms with Crippen molar-refractivity contribution >= 4 is 17.6 Å². The summed E-state index contributed by atoms with van der Waals surface area (Å²) in [4.78, 5) is 1.34. The number of aromatic nitrogens is 2. The number of nitrogen functional groups attached to an aromatic ring is 1. The van der Waals surface area contributed by atoms with Crippen molar-refractivity contribution in [3.8, 4) is 11.1 Å². The molecule has 1 aliphatic carbocycles. The van der Waals surface area contributed by atoms with Gasteiger partial charge in [-0.15, -0.1) is 11.8 Å². The lowest BCUT2D eigenvalue weighted by Crippen LogP contribution is -1.87. The molecule has 4 heteroatoms. The van der Waals surface area contributed by atoms with Crippen molar-refractivity contribution in [1.82, 2.24) is 10.2 Å². The predicted octanol–water partition coefficient (Wildman–Crippen LogP) is 2.91. The van der Waals surface area contributed by atoms with Gasteiger partial charge in [0.25, 0.3) is 0 Å². The van der Waals surface area contributed by atoms with E-state index in [1.54, 1.807) is 6.20 Å². The van der Waals surface area contributed by atoms with Crippen molar-refractivity contribution in [3.63, 3.8) is 0 Å². The number of nitrogens with two attached hydrogens (primary N) is 1. The van der Waals surface area contributed by atoms with Crippen molar-refractivity contribution in [2.45, 2.75) is 23.0 Å². The van der Waals surface area contributed by atoms with Gasteiger partial charge in [0.1, 0.15) is 5.82 Å². The van der Waals surface area contributed by atoms with Gasteiger partial charge < -0.3 is 5.73 Å². The maximum Gasteiger partial charge on any atom is 0.126 e. The smallest absolute Gasteiger partial charge is 0.126 e. The van der Waals surface area contributed by atoms with E-state index in [0.717, 1.165) is 16.4 Å². The third-order valence-corrected chi connectivity index (χ3v) is 4.01. The van der Waals surface area contributed by atoms with Crippen LogP contribution in [0.4, 0.5) is 5.82 Å². The van der Waals surface area contributed by atoms with Crippen molar-refractivity contribution in [2.24, 2.45) is 0 Å². The molecule has 0 amide bonds. The number of nitrogens with one attached hydrogen (secondary N) is 1. The summed E-state index contributed by atoms with van der Waals surface area (Å²) in [5.41, 5.74) is 7.87. The Morgan fingerprint density at radius 1 is 1.25 bits per heavy atom. The second kappa shape index (κ2) is 3.87. The molecular weight excluding hydrogens is 218 g/mol. The Balaban J connectivity index is 1.83. The molecule has 1 aromatic carbocycles. The minimum Gasteiger partial charge on any atom is -0.384 e. The molecule has 0 unspecified atom stereocenters. The molecule has 0 spiro atoms. The van der Waals surface area contributed by atoms with E-state index < -0.39 is 0 Å². The molecule has 1 aliphatic rings. The van der Waals surface area contributed by atoms with Crippen LogP contribution < -0.4 is 5.73 Å². The molecule has 3 rings (SSSR count). The van der Waals surface area contributed by atoms with Gasteiger partial charge >= 0.3 is 0 Å². The second-order valence-electron chi connectivity index (χ2n) is 4.04. The molecule has 0 aliphatic heterocycles. The zero-order valence-electron chi connectivity index (χ0n) is 8.81. The number of nitrogens with zero attached hydrogens (tertiary/aromatic N) is 1. The van der Waals surface area contributed by atoms with Gasteiger partial charge in [-0.2, -0.15) is 5.10 Å². The normalized spacial score (nSPS) is 15.2. The van der Waals surface area contributed by atoms with E-state index in [4.69, 9.17) is 5.73 Å². The zero-order valence-corrected chi connectivity index (χ0v) is 9.63. The number of rotatable bonds is 3. The maximum atomic E-state index is 5.78. The van der Waals surface area contributed by atoms with E-state index >= 15 is 0 Å². The van der Waals surface area contributed by atoms with Gasteiger partial charge in [0.2, 0.25) is 0 Å². The molecule has 0 atom stereocenters. The standard InChI is InChI=1S/C12H13N3S/c13-12-11(7-14-15-12)8-1-3-9(4-2-8)16-10-5-6-10/h1-4,7,10H,5-6H2,(H3,13,14,15). The molecule has 1 saturated carbocycles. The second-order valence-corrected chi connectivity index (χ2v) is 5.41. The van der Waals surface area contributed by atoms with Crippen LogP contribution in [0.1, 0.15) is 12.8 Å². The Labute approximate surface area is 98.4 Å². The lowest BCUT2D eigenvalue weighted by Gasteiger charge is -2.02. The topological polar surface area (TPSA) is 54.7 Å². The van der Waals surface area contributed by atoms with E-state index in [9.17, 15) is 0 Å². The molecule has 82 valence electrons. The summed E-state index contributed by atoms with van der Waals surface area (Å²) in [5, 5.41) is 7.52. The third kappa shape index (κ3) is 1.93. The quantitative estimate of drug-likeness (QED) is 0.854. The van der Waals surface area contributed by atoms with Gasteiger partial charge in [-0.1, -0.05) is 12.1 Å². The molecule has 0 saturated heterocycles. The van der Waals surface area contributed by atoms with Gasteiger partial charge in [-0.25, -0.2) is 0 Å². The van der Waals surface area contributed by atoms with Gasteiger partial charge in [-0.3, -0.25) is 5.10 Å². The summed E-state index contributed by atoms with van der Waals surface area (Å²) in [7, 11) is 0. The van der Waals surface area contributed by atoms with Crippen molar-refractivity contribution in [3.05, 3.63) is 30.5 Å². The number of hydrogen-bond donors (Lipinski definition) is 2. The van der Waals surface area contributed by atoms with Crippen LogP contribution in [0.3, 0.4) is 0 Å². The Morgan fingerprint density at radius 3 is 2.56 bits per heavy atom. The van der Waals surface area contributed by atoms with Crippen LogP contribution in [-0.2, 0) is 0 Å². The van der Waals surface area contributed by atoms with Crippen LogP contribution in [0.15, 0.2) is 35.4 Å². The molecule has 1 heterocycles. The highest BCUT2D eigenvalue weighted by atomic mass is 32.2. The Morgan fingerprint density at radius 2 is 2.00 bits per heavy atom. The van der Waals surface area contributed by atoms with E-state index in [-0.39, 0.29) is 0 Å². The number of hydrogen-bond acceptors (Lipinski definition) is 3. The van der Waals surface area contributed by atoms with E-state index in [1.807, 2.05) is 11.8 Å². The fraction of sp³-hybridized carbons (Fsp3) is 0.250. The number of anilines is 1. The van der Waals surface area contributed by atoms with Crippen molar-refractivity contribution in [2.75, 3.05) is 5.73 Å². The van der Waals surface area contributed by atoms with Crippen molar-refractivity contribution < 1.29 is 0 Å². The van der Waals surface area contributed by atoms with Crippen LogP contribution in [-0.4, -0.2) is 15.4 Å². The molecule has 2 aromatic rings. The van der Waals surface area contributed by atoms with Crippen LogP contribution in [0, 0.1) is 0 Å². The highest BCUT2D eigenvalue weighted by Gasteiger charge is 2.22. The molecular formula is C12H13N3S.